The molecule has 0 unspecified atom stereocenters. The molecule has 0 saturated heterocycles. The molecule has 1 aliphatic rings. The van der Waals surface area contributed by atoms with E-state index in [1.165, 1.54) is 23.1 Å². The summed E-state index contributed by atoms with van der Waals surface area (Å²) in [6.07, 6.45) is 3.33. The number of carbonyl (C=O) groups excluding carboxylic acids is 2. The van der Waals surface area contributed by atoms with Crippen LogP contribution >= 0.6 is 11.6 Å². The van der Waals surface area contributed by atoms with Crippen LogP contribution in [0.25, 0.3) is 0 Å². The molecule has 5 nitrogen and oxygen atoms in total. The zero-order valence-electron chi connectivity index (χ0n) is 15.3. The standard InChI is InChI=1S/C22H17ClFN3O2/c23-19-10-16(24)8-7-15(19)13-27-20(17-5-1-2-6-18(17)22(27)29)21(28)26-12-14-4-3-9-25-11-14/h1-11,20H,12-13H2,(H,26,28)/t20-/m1/s1. The maximum absolute atomic E-state index is 13.4. The van der Waals surface area contributed by atoms with Gasteiger partial charge in [-0.15, -0.1) is 0 Å². The van der Waals surface area contributed by atoms with Crippen LogP contribution in [0.15, 0.2) is 67.0 Å². The van der Waals surface area contributed by atoms with E-state index in [2.05, 4.69) is 10.3 Å². The topological polar surface area (TPSA) is 62.3 Å². The van der Waals surface area contributed by atoms with Gasteiger partial charge in [0.1, 0.15) is 11.9 Å². The summed E-state index contributed by atoms with van der Waals surface area (Å²) < 4.78 is 13.4. The molecule has 0 fully saturated rings. The lowest BCUT2D eigenvalue weighted by molar-refractivity contribution is -0.125. The first-order chi connectivity index (χ1) is 14.0. The number of hydrogen-bond donors (Lipinski definition) is 1. The third-order valence-electron chi connectivity index (χ3n) is 4.85. The molecule has 0 spiro atoms. The van der Waals surface area contributed by atoms with E-state index >= 15 is 0 Å². The van der Waals surface area contributed by atoms with Gasteiger partial charge < -0.3 is 10.2 Å². The summed E-state index contributed by atoms with van der Waals surface area (Å²) in [5.74, 6) is -1.02. The van der Waals surface area contributed by atoms with Crippen molar-refractivity contribution >= 4 is 23.4 Å². The predicted molar refractivity (Wildman–Crippen MR) is 107 cm³/mol. The molecule has 1 atom stereocenters. The molecular formula is C22H17ClFN3O2. The summed E-state index contributed by atoms with van der Waals surface area (Å²) in [4.78, 5) is 31.5. The van der Waals surface area contributed by atoms with Crippen LogP contribution in [0.3, 0.4) is 0 Å². The Balaban J connectivity index is 1.62. The van der Waals surface area contributed by atoms with Gasteiger partial charge >= 0.3 is 0 Å². The van der Waals surface area contributed by atoms with Gasteiger partial charge in [-0.25, -0.2) is 4.39 Å². The molecule has 29 heavy (non-hydrogen) atoms. The van der Waals surface area contributed by atoms with Crippen molar-refractivity contribution in [2.75, 3.05) is 0 Å². The smallest absolute Gasteiger partial charge is 0.255 e. The largest absolute Gasteiger partial charge is 0.350 e. The van der Waals surface area contributed by atoms with Gasteiger partial charge in [-0.1, -0.05) is 41.9 Å². The average Bonchev–Trinajstić information content (AvgIpc) is 3.01. The Labute approximate surface area is 172 Å². The highest BCUT2D eigenvalue weighted by molar-refractivity contribution is 6.31. The van der Waals surface area contributed by atoms with Crippen LogP contribution in [0.4, 0.5) is 4.39 Å². The number of fused-ring (bicyclic) bond motifs is 1. The minimum atomic E-state index is -0.795. The second-order valence-electron chi connectivity index (χ2n) is 6.74. The molecule has 1 aliphatic heterocycles. The predicted octanol–water partition coefficient (Wildman–Crippen LogP) is 3.89. The molecule has 0 saturated carbocycles. The number of hydrogen-bond acceptors (Lipinski definition) is 3. The van der Waals surface area contributed by atoms with Crippen molar-refractivity contribution in [3.63, 3.8) is 0 Å². The molecule has 2 aromatic carbocycles. The fraction of sp³-hybridized carbons (Fsp3) is 0.136. The molecule has 2 amide bonds. The molecule has 3 aromatic rings. The van der Waals surface area contributed by atoms with Crippen LogP contribution < -0.4 is 5.32 Å². The quantitative estimate of drug-likeness (QED) is 0.695. The van der Waals surface area contributed by atoms with Crippen molar-refractivity contribution in [2.24, 2.45) is 0 Å². The van der Waals surface area contributed by atoms with Crippen LogP contribution in [0.5, 0.6) is 0 Å². The van der Waals surface area contributed by atoms with Crippen LogP contribution in [0.1, 0.15) is 33.1 Å². The molecule has 146 valence electrons. The SMILES string of the molecule is O=C(NCc1cccnc1)[C@H]1c2ccccc2C(=O)N1Cc1ccc(F)cc1Cl. The maximum atomic E-state index is 13.4. The fourth-order valence-electron chi connectivity index (χ4n) is 3.44. The highest BCUT2D eigenvalue weighted by atomic mass is 35.5. The first kappa shape index (κ1) is 19.1. The van der Waals surface area contributed by atoms with Gasteiger partial charge in [0.05, 0.1) is 0 Å². The van der Waals surface area contributed by atoms with Crippen molar-refractivity contribution in [2.45, 2.75) is 19.1 Å². The minimum absolute atomic E-state index is 0.0948. The van der Waals surface area contributed by atoms with Gasteiger partial charge in [0.2, 0.25) is 5.91 Å². The third kappa shape index (κ3) is 3.84. The summed E-state index contributed by atoms with van der Waals surface area (Å²) in [5, 5.41) is 3.09. The second-order valence-corrected chi connectivity index (χ2v) is 7.14. The van der Waals surface area contributed by atoms with Gasteiger partial charge in [-0.05, 0) is 41.0 Å². The lowest BCUT2D eigenvalue weighted by Crippen LogP contribution is -2.38. The maximum Gasteiger partial charge on any atom is 0.255 e. The van der Waals surface area contributed by atoms with Crippen LogP contribution in [-0.2, 0) is 17.9 Å². The number of halogens is 2. The number of nitrogens with zero attached hydrogens (tertiary/aromatic N) is 2. The molecule has 0 aliphatic carbocycles. The van der Waals surface area contributed by atoms with Crippen molar-refractivity contribution in [1.29, 1.82) is 0 Å². The summed E-state index contributed by atoms with van der Waals surface area (Å²) in [6.45, 7) is 0.391. The van der Waals surface area contributed by atoms with E-state index in [1.807, 2.05) is 6.07 Å². The van der Waals surface area contributed by atoms with Gasteiger partial charge in [0, 0.05) is 36.1 Å². The highest BCUT2D eigenvalue weighted by Crippen LogP contribution is 2.36. The highest BCUT2D eigenvalue weighted by Gasteiger charge is 2.40. The Morgan fingerprint density at radius 1 is 1.17 bits per heavy atom. The molecular weight excluding hydrogens is 393 g/mol. The lowest BCUT2D eigenvalue weighted by atomic mass is 10.0. The first-order valence-corrected chi connectivity index (χ1v) is 9.43. The first-order valence-electron chi connectivity index (χ1n) is 9.05. The molecule has 1 aromatic heterocycles. The Hall–Kier alpha value is -3.25. The fourth-order valence-corrected chi connectivity index (χ4v) is 3.66. The normalized spacial score (nSPS) is 15.3. The van der Waals surface area contributed by atoms with Crippen molar-refractivity contribution < 1.29 is 14.0 Å². The Kier molecular flexibility index (Phi) is 5.27. The third-order valence-corrected chi connectivity index (χ3v) is 5.20. The number of pyridine rings is 1. The number of rotatable bonds is 5. The van der Waals surface area contributed by atoms with Crippen LogP contribution in [-0.4, -0.2) is 21.7 Å². The van der Waals surface area contributed by atoms with E-state index in [-0.39, 0.29) is 23.4 Å². The number of nitrogens with one attached hydrogen (secondary N) is 1. The van der Waals surface area contributed by atoms with Gasteiger partial charge in [0.15, 0.2) is 0 Å². The molecule has 1 N–H and O–H groups in total. The number of benzene rings is 2. The summed E-state index contributed by atoms with van der Waals surface area (Å²) in [6, 6.07) is 13.9. The van der Waals surface area contributed by atoms with E-state index < -0.39 is 11.9 Å². The molecule has 7 heteroatoms. The van der Waals surface area contributed by atoms with E-state index in [0.717, 1.165) is 5.56 Å². The number of carbonyl (C=O) groups is 2. The van der Waals surface area contributed by atoms with Crippen LogP contribution in [0, 0.1) is 5.82 Å². The van der Waals surface area contributed by atoms with E-state index in [4.69, 9.17) is 11.6 Å². The monoisotopic (exact) mass is 409 g/mol. The number of aromatic nitrogens is 1. The van der Waals surface area contributed by atoms with Gasteiger partial charge in [-0.2, -0.15) is 0 Å². The zero-order valence-corrected chi connectivity index (χ0v) is 16.1. The van der Waals surface area contributed by atoms with Crippen molar-refractivity contribution in [3.05, 3.63) is 100 Å². The van der Waals surface area contributed by atoms with Crippen molar-refractivity contribution in [1.82, 2.24) is 15.2 Å². The second kappa shape index (κ2) is 8.01. The average molecular weight is 410 g/mol. The zero-order chi connectivity index (χ0) is 20.4. The molecule has 2 heterocycles. The van der Waals surface area contributed by atoms with E-state index in [1.54, 1.807) is 42.7 Å². The summed E-state index contributed by atoms with van der Waals surface area (Å²) >= 11 is 6.15. The molecule has 0 bridgehead atoms. The summed E-state index contributed by atoms with van der Waals surface area (Å²) in [5.41, 5.74) is 2.54. The molecule has 0 radical (unpaired) electrons. The lowest BCUT2D eigenvalue weighted by Gasteiger charge is -2.25. The van der Waals surface area contributed by atoms with Gasteiger partial charge in [-0.3, -0.25) is 14.6 Å². The molecule has 4 rings (SSSR count). The van der Waals surface area contributed by atoms with E-state index in [9.17, 15) is 14.0 Å². The van der Waals surface area contributed by atoms with E-state index in [0.29, 0.717) is 23.2 Å². The minimum Gasteiger partial charge on any atom is -0.350 e. The Morgan fingerprint density at radius 3 is 2.76 bits per heavy atom. The van der Waals surface area contributed by atoms with Gasteiger partial charge in [0.25, 0.3) is 5.91 Å². The number of amides is 2. The summed E-state index contributed by atoms with van der Waals surface area (Å²) in [7, 11) is 0. The Morgan fingerprint density at radius 2 is 2.00 bits per heavy atom. The van der Waals surface area contributed by atoms with Crippen LogP contribution in [0.2, 0.25) is 5.02 Å². The Bertz CT molecular complexity index is 1070. The van der Waals surface area contributed by atoms with Crippen molar-refractivity contribution in [3.8, 4) is 0 Å².